The maximum atomic E-state index is 11.5. The summed E-state index contributed by atoms with van der Waals surface area (Å²) in [5.74, 6) is 0.559. The van der Waals surface area contributed by atoms with Crippen molar-refractivity contribution in [3.05, 3.63) is 54.1 Å². The number of ether oxygens (including phenoxy) is 1. The van der Waals surface area contributed by atoms with E-state index in [-0.39, 0.29) is 11.9 Å². The molecule has 0 aliphatic heterocycles. The van der Waals surface area contributed by atoms with E-state index in [0.29, 0.717) is 11.3 Å². The van der Waals surface area contributed by atoms with Gasteiger partial charge in [0.1, 0.15) is 5.75 Å². The molecule has 0 unspecified atom stereocenters. The van der Waals surface area contributed by atoms with E-state index < -0.39 is 0 Å². The van der Waals surface area contributed by atoms with Crippen molar-refractivity contribution in [3.8, 4) is 22.9 Å². The first-order chi connectivity index (χ1) is 9.76. The molecular formula is C17H13NO2. The quantitative estimate of drug-likeness (QED) is 0.628. The van der Waals surface area contributed by atoms with Crippen LogP contribution in [0.3, 0.4) is 0 Å². The minimum absolute atomic E-state index is 0.105. The van der Waals surface area contributed by atoms with Crippen molar-refractivity contribution in [2.24, 2.45) is 5.92 Å². The van der Waals surface area contributed by atoms with Crippen LogP contribution in [-0.2, 0) is 4.79 Å². The number of carbonyl (C=O) groups is 1. The van der Waals surface area contributed by atoms with Crippen molar-refractivity contribution in [2.45, 2.75) is 12.8 Å². The summed E-state index contributed by atoms with van der Waals surface area (Å²) in [6.45, 7) is 0. The van der Waals surface area contributed by atoms with Crippen LogP contribution in [0, 0.1) is 17.2 Å². The average molecular weight is 263 g/mol. The van der Waals surface area contributed by atoms with Gasteiger partial charge in [-0.1, -0.05) is 24.3 Å². The van der Waals surface area contributed by atoms with E-state index in [9.17, 15) is 4.79 Å². The second kappa shape index (κ2) is 5.18. The normalized spacial score (nSPS) is 13.6. The van der Waals surface area contributed by atoms with Gasteiger partial charge in [0.2, 0.25) is 0 Å². The smallest absolute Gasteiger partial charge is 0.314 e. The molecule has 1 fully saturated rings. The molecule has 1 aliphatic carbocycles. The van der Waals surface area contributed by atoms with Gasteiger partial charge in [0.05, 0.1) is 17.6 Å². The predicted molar refractivity (Wildman–Crippen MR) is 75.0 cm³/mol. The molecule has 0 N–H and O–H groups in total. The van der Waals surface area contributed by atoms with E-state index in [0.717, 1.165) is 24.0 Å². The van der Waals surface area contributed by atoms with E-state index >= 15 is 0 Å². The van der Waals surface area contributed by atoms with Crippen molar-refractivity contribution in [1.82, 2.24) is 0 Å². The van der Waals surface area contributed by atoms with Gasteiger partial charge >= 0.3 is 5.97 Å². The summed E-state index contributed by atoms with van der Waals surface area (Å²) < 4.78 is 5.28. The fourth-order valence-electron chi connectivity index (χ4n) is 1.97. The van der Waals surface area contributed by atoms with E-state index in [1.807, 2.05) is 24.3 Å². The van der Waals surface area contributed by atoms with Crippen molar-refractivity contribution in [3.63, 3.8) is 0 Å². The molecule has 0 aromatic heterocycles. The lowest BCUT2D eigenvalue weighted by Gasteiger charge is -2.05. The molecule has 0 radical (unpaired) electrons. The number of hydrogen-bond donors (Lipinski definition) is 0. The fraction of sp³-hybridized carbons (Fsp3) is 0.176. The first-order valence-electron chi connectivity index (χ1n) is 6.58. The Morgan fingerprint density at radius 1 is 1.00 bits per heavy atom. The van der Waals surface area contributed by atoms with Crippen molar-refractivity contribution >= 4 is 5.97 Å². The zero-order valence-electron chi connectivity index (χ0n) is 10.9. The number of hydrogen-bond acceptors (Lipinski definition) is 3. The van der Waals surface area contributed by atoms with Crippen molar-refractivity contribution in [2.75, 3.05) is 0 Å². The van der Waals surface area contributed by atoms with Crippen molar-refractivity contribution < 1.29 is 9.53 Å². The van der Waals surface area contributed by atoms with Crippen LogP contribution in [0.2, 0.25) is 0 Å². The first kappa shape index (κ1) is 12.4. The first-order valence-corrected chi connectivity index (χ1v) is 6.58. The Kier molecular flexibility index (Phi) is 3.22. The minimum Gasteiger partial charge on any atom is -0.426 e. The lowest BCUT2D eigenvalue weighted by atomic mass is 10.0. The van der Waals surface area contributed by atoms with E-state index in [4.69, 9.17) is 10.00 Å². The highest BCUT2D eigenvalue weighted by molar-refractivity contribution is 5.77. The molecule has 0 bridgehead atoms. The highest BCUT2D eigenvalue weighted by atomic mass is 16.5. The molecule has 98 valence electrons. The summed E-state index contributed by atoms with van der Waals surface area (Å²) in [5.41, 5.74) is 2.70. The zero-order valence-corrected chi connectivity index (χ0v) is 10.9. The maximum Gasteiger partial charge on any atom is 0.314 e. The number of rotatable bonds is 3. The molecule has 1 saturated carbocycles. The number of esters is 1. The van der Waals surface area contributed by atoms with Crippen LogP contribution in [0.25, 0.3) is 11.1 Å². The Balaban J connectivity index is 1.74. The lowest BCUT2D eigenvalue weighted by molar-refractivity contribution is -0.135. The molecule has 20 heavy (non-hydrogen) atoms. The number of nitrogens with zero attached hydrogens (tertiary/aromatic N) is 1. The molecule has 3 heteroatoms. The maximum absolute atomic E-state index is 11.5. The third kappa shape index (κ3) is 2.70. The Labute approximate surface area is 117 Å². The van der Waals surface area contributed by atoms with Gasteiger partial charge in [-0.25, -0.2) is 0 Å². The van der Waals surface area contributed by atoms with Gasteiger partial charge in [-0.2, -0.15) is 5.26 Å². The monoisotopic (exact) mass is 263 g/mol. The number of nitriles is 1. The summed E-state index contributed by atoms with van der Waals surface area (Å²) >= 11 is 0. The summed E-state index contributed by atoms with van der Waals surface area (Å²) in [4.78, 5) is 11.5. The van der Waals surface area contributed by atoms with Gasteiger partial charge in [0, 0.05) is 0 Å². The predicted octanol–water partition coefficient (Wildman–Crippen LogP) is 3.54. The molecule has 2 aromatic carbocycles. The van der Waals surface area contributed by atoms with Crippen LogP contribution in [-0.4, -0.2) is 5.97 Å². The second-order valence-electron chi connectivity index (χ2n) is 4.91. The van der Waals surface area contributed by atoms with Crippen LogP contribution in [0.4, 0.5) is 0 Å². The third-order valence-electron chi connectivity index (χ3n) is 3.33. The Morgan fingerprint density at radius 3 is 2.05 bits per heavy atom. The molecular weight excluding hydrogens is 250 g/mol. The van der Waals surface area contributed by atoms with Crippen LogP contribution in [0.5, 0.6) is 5.75 Å². The summed E-state index contributed by atoms with van der Waals surface area (Å²) in [7, 11) is 0. The Hall–Kier alpha value is -2.60. The van der Waals surface area contributed by atoms with Crippen LogP contribution in [0.15, 0.2) is 48.5 Å². The van der Waals surface area contributed by atoms with Gasteiger partial charge in [-0.05, 0) is 48.2 Å². The Morgan fingerprint density at radius 2 is 1.55 bits per heavy atom. The van der Waals surface area contributed by atoms with E-state index in [1.165, 1.54) is 0 Å². The third-order valence-corrected chi connectivity index (χ3v) is 3.33. The molecule has 3 rings (SSSR count). The van der Waals surface area contributed by atoms with E-state index in [2.05, 4.69) is 6.07 Å². The number of benzene rings is 2. The highest BCUT2D eigenvalue weighted by Gasteiger charge is 2.31. The van der Waals surface area contributed by atoms with Gasteiger partial charge < -0.3 is 4.74 Å². The molecule has 0 spiro atoms. The summed E-state index contributed by atoms with van der Waals surface area (Å²) in [6.07, 6.45) is 1.89. The fourth-order valence-corrected chi connectivity index (χ4v) is 1.97. The van der Waals surface area contributed by atoms with Gasteiger partial charge in [0.15, 0.2) is 0 Å². The zero-order chi connectivity index (χ0) is 13.9. The summed E-state index contributed by atoms with van der Waals surface area (Å²) in [6, 6.07) is 16.9. The molecule has 2 aromatic rings. The number of carbonyl (C=O) groups excluding carboxylic acids is 1. The van der Waals surface area contributed by atoms with Crippen LogP contribution in [0.1, 0.15) is 18.4 Å². The molecule has 3 nitrogen and oxygen atoms in total. The van der Waals surface area contributed by atoms with Crippen LogP contribution < -0.4 is 4.74 Å². The molecule has 0 heterocycles. The summed E-state index contributed by atoms with van der Waals surface area (Å²) in [5, 5.41) is 8.77. The largest absolute Gasteiger partial charge is 0.426 e. The lowest BCUT2D eigenvalue weighted by Crippen LogP contribution is -2.09. The van der Waals surface area contributed by atoms with Crippen molar-refractivity contribution in [1.29, 1.82) is 5.26 Å². The highest BCUT2D eigenvalue weighted by Crippen LogP contribution is 2.31. The van der Waals surface area contributed by atoms with Gasteiger partial charge in [-0.15, -0.1) is 0 Å². The molecule has 0 atom stereocenters. The molecule has 0 amide bonds. The van der Waals surface area contributed by atoms with Crippen LogP contribution >= 0.6 is 0 Å². The van der Waals surface area contributed by atoms with Gasteiger partial charge in [-0.3, -0.25) is 4.79 Å². The standard InChI is InChI=1S/C17H13NO2/c18-11-12-1-3-13(4-2-12)14-7-9-16(10-8-14)20-17(19)15-5-6-15/h1-4,7-10,15H,5-6H2. The average Bonchev–Trinajstić information content (AvgIpc) is 3.33. The second-order valence-corrected chi connectivity index (χ2v) is 4.91. The Bertz CT molecular complexity index is 662. The topological polar surface area (TPSA) is 50.1 Å². The SMILES string of the molecule is N#Cc1ccc(-c2ccc(OC(=O)C3CC3)cc2)cc1. The molecule has 1 aliphatic rings. The van der Waals surface area contributed by atoms with E-state index in [1.54, 1.807) is 24.3 Å². The van der Waals surface area contributed by atoms with Gasteiger partial charge in [0.25, 0.3) is 0 Å². The molecule has 0 saturated heterocycles. The minimum atomic E-state index is -0.129.